The first-order chi connectivity index (χ1) is 12.0. The summed E-state index contributed by atoms with van der Waals surface area (Å²) in [7, 11) is 1.32. The Labute approximate surface area is 166 Å². The Bertz CT molecular complexity index is 1040. The van der Waals surface area contributed by atoms with E-state index in [2.05, 4.69) is 27.6 Å². The summed E-state index contributed by atoms with van der Waals surface area (Å²) in [5.74, 6) is -0.779. The van der Waals surface area contributed by atoms with Gasteiger partial charge in [0.05, 0.1) is 22.9 Å². The third-order valence-electron chi connectivity index (χ3n) is 3.46. The van der Waals surface area contributed by atoms with Crippen molar-refractivity contribution >= 4 is 67.6 Å². The Morgan fingerprint density at radius 2 is 2.04 bits per heavy atom. The number of ether oxygens (including phenoxy) is 1. The second-order valence-corrected chi connectivity index (χ2v) is 7.66. The van der Waals surface area contributed by atoms with Gasteiger partial charge in [-0.1, -0.05) is 35.1 Å². The normalized spacial score (nSPS) is 11.7. The first kappa shape index (κ1) is 18.1. The van der Waals surface area contributed by atoms with Crippen LogP contribution in [0.4, 0.5) is 0 Å². The zero-order chi connectivity index (χ0) is 18.0. The maximum atomic E-state index is 12.6. The average molecular weight is 487 g/mol. The van der Waals surface area contributed by atoms with E-state index in [0.717, 1.165) is 13.8 Å². The molecule has 8 heteroatoms. The number of carbonyl (C=O) groups excluding carboxylic acids is 2. The number of halogens is 2. The van der Waals surface area contributed by atoms with Gasteiger partial charge in [-0.2, -0.15) is 4.99 Å². The molecule has 0 aliphatic rings. The molecule has 0 saturated carbocycles. The van der Waals surface area contributed by atoms with Gasteiger partial charge in [-0.15, -0.1) is 0 Å². The van der Waals surface area contributed by atoms with Crippen LogP contribution in [-0.4, -0.2) is 23.6 Å². The maximum Gasteiger partial charge on any atom is 0.325 e. The molecule has 25 heavy (non-hydrogen) atoms. The molecule has 5 nitrogen and oxygen atoms in total. The molecule has 0 aliphatic heterocycles. The summed E-state index contributed by atoms with van der Waals surface area (Å²) in [6.07, 6.45) is 0. The number of nitrogens with zero attached hydrogens (tertiary/aromatic N) is 2. The Hall–Kier alpha value is -1.71. The molecule has 1 aromatic heterocycles. The third-order valence-corrected chi connectivity index (χ3v) is 5.68. The van der Waals surface area contributed by atoms with Crippen LogP contribution >= 0.6 is 45.5 Å². The van der Waals surface area contributed by atoms with Crippen molar-refractivity contribution in [3.63, 3.8) is 0 Å². The molecule has 3 rings (SSSR count). The second kappa shape index (κ2) is 7.67. The van der Waals surface area contributed by atoms with Crippen molar-refractivity contribution in [3.05, 3.63) is 61.4 Å². The van der Waals surface area contributed by atoms with Crippen LogP contribution in [-0.2, 0) is 16.1 Å². The first-order valence-electron chi connectivity index (χ1n) is 7.19. The molecule has 0 fully saturated rings. The Morgan fingerprint density at radius 3 is 2.76 bits per heavy atom. The smallest absolute Gasteiger partial charge is 0.325 e. The molecule has 1 amide bonds. The number of rotatable bonds is 3. The van der Waals surface area contributed by atoms with Crippen molar-refractivity contribution in [3.8, 4) is 0 Å². The predicted octanol–water partition coefficient (Wildman–Crippen LogP) is 3.87. The van der Waals surface area contributed by atoms with Crippen LogP contribution in [0.15, 0.2) is 47.5 Å². The van der Waals surface area contributed by atoms with E-state index in [1.165, 1.54) is 18.4 Å². The molecule has 0 saturated heterocycles. The van der Waals surface area contributed by atoms with E-state index in [1.807, 2.05) is 12.1 Å². The number of hydrogen-bond acceptors (Lipinski definition) is 4. The van der Waals surface area contributed by atoms with E-state index in [0.29, 0.717) is 15.4 Å². The number of methoxy groups -OCH3 is 1. The van der Waals surface area contributed by atoms with Crippen molar-refractivity contribution in [1.29, 1.82) is 0 Å². The molecule has 2 aromatic carbocycles. The van der Waals surface area contributed by atoms with Crippen LogP contribution in [0.2, 0.25) is 5.02 Å². The predicted molar refractivity (Wildman–Crippen MR) is 106 cm³/mol. The van der Waals surface area contributed by atoms with Crippen LogP contribution in [0.25, 0.3) is 10.2 Å². The van der Waals surface area contributed by atoms with Crippen molar-refractivity contribution in [1.82, 2.24) is 4.57 Å². The molecule has 1 heterocycles. The third kappa shape index (κ3) is 3.94. The number of thiazole rings is 1. The monoisotopic (exact) mass is 486 g/mol. The molecular weight excluding hydrogens is 475 g/mol. The lowest BCUT2D eigenvalue weighted by Crippen LogP contribution is -2.22. The molecule has 0 unspecified atom stereocenters. The largest absolute Gasteiger partial charge is 0.468 e. The highest BCUT2D eigenvalue weighted by atomic mass is 127. The molecular formula is C17H12ClIN2O3S. The minimum Gasteiger partial charge on any atom is -0.468 e. The molecule has 0 spiro atoms. The van der Waals surface area contributed by atoms with Gasteiger partial charge in [-0.25, -0.2) is 0 Å². The number of amides is 1. The molecule has 0 aliphatic carbocycles. The van der Waals surface area contributed by atoms with Crippen LogP contribution < -0.4 is 4.80 Å². The number of carbonyl (C=O) groups is 2. The van der Waals surface area contributed by atoms with E-state index < -0.39 is 5.97 Å². The van der Waals surface area contributed by atoms with Gasteiger partial charge in [-0.05, 0) is 52.9 Å². The lowest BCUT2D eigenvalue weighted by Gasteiger charge is -2.04. The van der Waals surface area contributed by atoms with Gasteiger partial charge in [0.25, 0.3) is 5.91 Å². The Balaban J connectivity index is 2.17. The van der Waals surface area contributed by atoms with E-state index in [1.54, 1.807) is 34.9 Å². The van der Waals surface area contributed by atoms with Crippen molar-refractivity contribution in [2.45, 2.75) is 6.54 Å². The van der Waals surface area contributed by atoms with Crippen LogP contribution in [0.1, 0.15) is 10.4 Å². The van der Waals surface area contributed by atoms with Crippen LogP contribution in [0, 0.1) is 3.57 Å². The quantitative estimate of drug-likeness (QED) is 0.417. The fraction of sp³-hybridized carbons (Fsp3) is 0.118. The zero-order valence-corrected chi connectivity index (χ0v) is 16.8. The van der Waals surface area contributed by atoms with Gasteiger partial charge >= 0.3 is 5.97 Å². The maximum absolute atomic E-state index is 12.6. The van der Waals surface area contributed by atoms with E-state index in [9.17, 15) is 9.59 Å². The van der Waals surface area contributed by atoms with Crippen LogP contribution in [0.3, 0.4) is 0 Å². The van der Waals surface area contributed by atoms with Crippen molar-refractivity contribution in [2.75, 3.05) is 7.11 Å². The molecule has 128 valence electrons. The Kier molecular flexibility index (Phi) is 5.55. The van der Waals surface area contributed by atoms with Gasteiger partial charge < -0.3 is 9.30 Å². The number of benzene rings is 2. The molecule has 0 radical (unpaired) electrons. The number of aromatic nitrogens is 1. The lowest BCUT2D eigenvalue weighted by atomic mass is 10.2. The van der Waals surface area contributed by atoms with E-state index in [-0.39, 0.29) is 12.5 Å². The van der Waals surface area contributed by atoms with Gasteiger partial charge in [0.2, 0.25) is 0 Å². The highest BCUT2D eigenvalue weighted by Crippen LogP contribution is 2.22. The fourth-order valence-electron chi connectivity index (χ4n) is 2.26. The summed E-state index contributed by atoms with van der Waals surface area (Å²) in [4.78, 5) is 29.0. The summed E-state index contributed by atoms with van der Waals surface area (Å²) in [5.41, 5.74) is 1.29. The SMILES string of the molecule is COC(=O)Cn1c(=NC(=O)c2ccccc2I)sc2cc(Cl)ccc21. The molecule has 0 atom stereocenters. The van der Waals surface area contributed by atoms with E-state index in [4.69, 9.17) is 16.3 Å². The summed E-state index contributed by atoms with van der Waals surface area (Å²) < 4.78 is 8.07. The lowest BCUT2D eigenvalue weighted by molar-refractivity contribution is -0.141. The number of fused-ring (bicyclic) bond motifs is 1. The summed E-state index contributed by atoms with van der Waals surface area (Å²) in [6, 6.07) is 12.5. The minimum atomic E-state index is -0.419. The van der Waals surface area contributed by atoms with Gasteiger partial charge in [0.1, 0.15) is 6.54 Å². The van der Waals surface area contributed by atoms with Crippen LogP contribution in [0.5, 0.6) is 0 Å². The number of hydrogen-bond donors (Lipinski definition) is 0. The summed E-state index contributed by atoms with van der Waals surface area (Å²) in [5, 5.41) is 0.578. The molecule has 0 bridgehead atoms. The average Bonchev–Trinajstić information content (AvgIpc) is 2.91. The molecule has 3 aromatic rings. The molecule has 0 N–H and O–H groups in total. The summed E-state index contributed by atoms with van der Waals surface area (Å²) >= 11 is 9.44. The van der Waals surface area contributed by atoms with Crippen molar-refractivity contribution < 1.29 is 14.3 Å². The van der Waals surface area contributed by atoms with E-state index >= 15 is 0 Å². The Morgan fingerprint density at radius 1 is 1.28 bits per heavy atom. The highest BCUT2D eigenvalue weighted by Gasteiger charge is 2.13. The van der Waals surface area contributed by atoms with Crippen molar-refractivity contribution in [2.24, 2.45) is 4.99 Å². The number of esters is 1. The van der Waals surface area contributed by atoms with Gasteiger partial charge in [0.15, 0.2) is 4.80 Å². The highest BCUT2D eigenvalue weighted by molar-refractivity contribution is 14.1. The first-order valence-corrected chi connectivity index (χ1v) is 9.46. The minimum absolute atomic E-state index is 0.0316. The van der Waals surface area contributed by atoms with Gasteiger partial charge in [0, 0.05) is 8.59 Å². The second-order valence-electron chi connectivity index (χ2n) is 5.06. The fourth-order valence-corrected chi connectivity index (χ4v) is 4.18. The zero-order valence-electron chi connectivity index (χ0n) is 13.0. The topological polar surface area (TPSA) is 60.7 Å². The summed E-state index contributed by atoms with van der Waals surface area (Å²) in [6.45, 7) is -0.0316. The van der Waals surface area contributed by atoms with Gasteiger partial charge in [-0.3, -0.25) is 9.59 Å². The standard InChI is InChI=1S/C17H12ClIN2O3S/c1-24-15(22)9-21-13-7-6-10(18)8-14(13)25-17(21)20-16(23)11-4-2-3-5-12(11)19/h2-8H,9H2,1H3.